The van der Waals surface area contributed by atoms with Crippen molar-refractivity contribution in [3.05, 3.63) is 47.2 Å². The van der Waals surface area contributed by atoms with E-state index in [1.165, 1.54) is 5.56 Å². The van der Waals surface area contributed by atoms with Crippen molar-refractivity contribution in [3.63, 3.8) is 0 Å². The third kappa shape index (κ3) is 2.85. The van der Waals surface area contributed by atoms with Crippen LogP contribution in [0.15, 0.2) is 30.3 Å². The van der Waals surface area contributed by atoms with Gasteiger partial charge in [-0.1, -0.05) is 6.07 Å². The van der Waals surface area contributed by atoms with Gasteiger partial charge in [-0.25, -0.2) is 4.98 Å². The second-order valence-electron chi connectivity index (χ2n) is 5.41. The Labute approximate surface area is 130 Å². The van der Waals surface area contributed by atoms with E-state index in [1.54, 1.807) is 14.2 Å². The van der Waals surface area contributed by atoms with Crippen molar-refractivity contribution in [3.8, 4) is 11.5 Å². The number of nitrogens with zero attached hydrogens (tertiary/aromatic N) is 1. The average Bonchev–Trinajstić information content (AvgIpc) is 2.93. The molecule has 0 amide bonds. The number of nitrogens with one attached hydrogen (secondary N) is 1. The molecule has 0 unspecified atom stereocenters. The predicted octanol–water partition coefficient (Wildman–Crippen LogP) is 2.66. The normalized spacial score (nSPS) is 16.2. The van der Waals surface area contributed by atoms with E-state index in [0.29, 0.717) is 6.54 Å². The average molecular weight is 299 g/mol. The number of pyridine rings is 1. The topological polar surface area (TPSA) is 69.4 Å². The molecule has 0 saturated carbocycles. The summed E-state index contributed by atoms with van der Waals surface area (Å²) in [6.07, 6.45) is 1.94. The van der Waals surface area contributed by atoms with Crippen molar-refractivity contribution in [2.75, 3.05) is 19.5 Å². The standard InChI is InChI=1S/C17H21N3O2/c1-21-12-4-3-11(16(9-12)22-2)10-19-17-8-5-13-14(18)6-7-15(13)20-17/h3-5,8-9,14H,6-7,10,18H2,1-2H3,(H,19,20)/t14-/m1/s1. The Morgan fingerprint density at radius 2 is 2.09 bits per heavy atom. The van der Waals surface area contributed by atoms with Crippen molar-refractivity contribution in [1.82, 2.24) is 4.98 Å². The molecule has 5 nitrogen and oxygen atoms in total. The minimum Gasteiger partial charge on any atom is -0.497 e. The Hall–Kier alpha value is -2.27. The number of benzene rings is 1. The molecule has 1 aliphatic rings. The van der Waals surface area contributed by atoms with Gasteiger partial charge in [0.25, 0.3) is 0 Å². The van der Waals surface area contributed by atoms with E-state index >= 15 is 0 Å². The first-order chi connectivity index (χ1) is 10.7. The minimum absolute atomic E-state index is 0.137. The SMILES string of the molecule is COc1ccc(CNc2ccc3c(n2)CC[C@H]3N)c(OC)c1. The van der Waals surface area contributed by atoms with Crippen molar-refractivity contribution in [2.24, 2.45) is 5.73 Å². The number of hydrogen-bond acceptors (Lipinski definition) is 5. The van der Waals surface area contributed by atoms with Crippen LogP contribution in [0.1, 0.15) is 29.3 Å². The van der Waals surface area contributed by atoms with E-state index in [1.807, 2.05) is 24.3 Å². The molecule has 0 fully saturated rings. The smallest absolute Gasteiger partial charge is 0.127 e. The van der Waals surface area contributed by atoms with Crippen LogP contribution in [0, 0.1) is 0 Å². The highest BCUT2D eigenvalue weighted by molar-refractivity contribution is 5.45. The predicted molar refractivity (Wildman–Crippen MR) is 86.4 cm³/mol. The number of fused-ring (bicyclic) bond motifs is 1. The number of rotatable bonds is 5. The summed E-state index contributed by atoms with van der Waals surface area (Å²) < 4.78 is 10.6. The Kier molecular flexibility index (Phi) is 4.15. The third-order valence-electron chi connectivity index (χ3n) is 4.06. The van der Waals surface area contributed by atoms with E-state index < -0.39 is 0 Å². The van der Waals surface area contributed by atoms with Crippen molar-refractivity contribution >= 4 is 5.82 Å². The maximum Gasteiger partial charge on any atom is 0.127 e. The monoisotopic (exact) mass is 299 g/mol. The van der Waals surface area contributed by atoms with Gasteiger partial charge < -0.3 is 20.5 Å². The molecule has 0 aliphatic heterocycles. The zero-order valence-electron chi connectivity index (χ0n) is 12.9. The molecule has 22 heavy (non-hydrogen) atoms. The summed E-state index contributed by atoms with van der Waals surface area (Å²) in [5.74, 6) is 2.45. The van der Waals surface area contributed by atoms with Crippen LogP contribution in [0.4, 0.5) is 5.82 Å². The Balaban J connectivity index is 1.73. The van der Waals surface area contributed by atoms with Crippen LogP contribution >= 0.6 is 0 Å². The zero-order valence-corrected chi connectivity index (χ0v) is 12.9. The zero-order chi connectivity index (χ0) is 15.5. The lowest BCUT2D eigenvalue weighted by Crippen LogP contribution is -2.07. The van der Waals surface area contributed by atoms with Gasteiger partial charge in [0.05, 0.1) is 14.2 Å². The number of anilines is 1. The van der Waals surface area contributed by atoms with Gasteiger partial charge in [-0.2, -0.15) is 0 Å². The lowest BCUT2D eigenvalue weighted by molar-refractivity contribution is 0.391. The van der Waals surface area contributed by atoms with E-state index in [0.717, 1.165) is 41.4 Å². The Bertz CT molecular complexity index is 673. The van der Waals surface area contributed by atoms with Crippen LogP contribution in [-0.4, -0.2) is 19.2 Å². The fraction of sp³-hybridized carbons (Fsp3) is 0.353. The lowest BCUT2D eigenvalue weighted by Gasteiger charge is -2.12. The summed E-state index contributed by atoms with van der Waals surface area (Å²) in [5, 5.41) is 3.34. The van der Waals surface area contributed by atoms with Gasteiger partial charge in [0.15, 0.2) is 0 Å². The molecule has 0 saturated heterocycles. The highest BCUT2D eigenvalue weighted by Crippen LogP contribution is 2.29. The van der Waals surface area contributed by atoms with Crippen molar-refractivity contribution in [2.45, 2.75) is 25.4 Å². The molecular weight excluding hydrogens is 278 g/mol. The van der Waals surface area contributed by atoms with Gasteiger partial charge in [0, 0.05) is 29.9 Å². The van der Waals surface area contributed by atoms with Crippen molar-refractivity contribution in [1.29, 1.82) is 0 Å². The third-order valence-corrected chi connectivity index (χ3v) is 4.06. The molecule has 1 atom stereocenters. The number of nitrogens with two attached hydrogens (primary N) is 1. The van der Waals surface area contributed by atoms with Crippen molar-refractivity contribution < 1.29 is 9.47 Å². The fourth-order valence-corrected chi connectivity index (χ4v) is 2.78. The molecule has 5 heteroatoms. The Morgan fingerprint density at radius 3 is 2.86 bits per heavy atom. The summed E-state index contributed by atoms with van der Waals surface area (Å²) >= 11 is 0. The molecule has 1 aromatic carbocycles. The van der Waals surface area contributed by atoms with Gasteiger partial charge in [-0.3, -0.25) is 0 Å². The molecule has 1 aromatic heterocycles. The number of hydrogen-bond donors (Lipinski definition) is 2. The van der Waals surface area contributed by atoms with Crippen LogP contribution in [0.25, 0.3) is 0 Å². The lowest BCUT2D eigenvalue weighted by atomic mass is 10.1. The first kappa shape index (κ1) is 14.7. The van der Waals surface area contributed by atoms with Gasteiger partial charge in [-0.05, 0) is 36.6 Å². The van der Waals surface area contributed by atoms with E-state index in [4.69, 9.17) is 15.2 Å². The maximum atomic E-state index is 6.04. The maximum absolute atomic E-state index is 6.04. The molecule has 2 aromatic rings. The molecule has 0 spiro atoms. The van der Waals surface area contributed by atoms with Crippen LogP contribution in [0.2, 0.25) is 0 Å². The molecule has 0 radical (unpaired) electrons. The Morgan fingerprint density at radius 1 is 1.23 bits per heavy atom. The van der Waals surface area contributed by atoms with E-state index in [9.17, 15) is 0 Å². The number of aryl methyl sites for hydroxylation is 1. The first-order valence-corrected chi connectivity index (χ1v) is 7.41. The van der Waals surface area contributed by atoms with E-state index in [2.05, 4.69) is 16.4 Å². The highest BCUT2D eigenvalue weighted by atomic mass is 16.5. The number of methoxy groups -OCH3 is 2. The largest absolute Gasteiger partial charge is 0.497 e. The quantitative estimate of drug-likeness (QED) is 0.888. The number of ether oxygens (including phenoxy) is 2. The molecule has 1 heterocycles. The summed E-state index contributed by atoms with van der Waals surface area (Å²) in [5.41, 5.74) is 9.38. The second kappa shape index (κ2) is 6.23. The minimum atomic E-state index is 0.137. The van der Waals surface area contributed by atoms with Crippen LogP contribution in [-0.2, 0) is 13.0 Å². The number of aromatic nitrogens is 1. The highest BCUT2D eigenvalue weighted by Gasteiger charge is 2.20. The molecule has 3 rings (SSSR count). The van der Waals surface area contributed by atoms with Crippen LogP contribution in [0.3, 0.4) is 0 Å². The van der Waals surface area contributed by atoms with Gasteiger partial charge in [-0.15, -0.1) is 0 Å². The molecular formula is C17H21N3O2. The van der Waals surface area contributed by atoms with Crippen LogP contribution in [0.5, 0.6) is 11.5 Å². The van der Waals surface area contributed by atoms with Gasteiger partial charge >= 0.3 is 0 Å². The summed E-state index contributed by atoms with van der Waals surface area (Å²) in [6, 6.07) is 10.0. The molecule has 1 aliphatic carbocycles. The first-order valence-electron chi connectivity index (χ1n) is 7.41. The second-order valence-corrected chi connectivity index (χ2v) is 5.41. The summed E-state index contributed by atoms with van der Waals surface area (Å²) in [6.45, 7) is 0.644. The molecule has 116 valence electrons. The molecule has 3 N–H and O–H groups in total. The summed E-state index contributed by atoms with van der Waals surface area (Å²) in [4.78, 5) is 4.65. The van der Waals surface area contributed by atoms with Gasteiger partial charge in [0.1, 0.15) is 17.3 Å². The summed E-state index contributed by atoms with van der Waals surface area (Å²) in [7, 11) is 3.30. The van der Waals surface area contributed by atoms with Crippen LogP contribution < -0.4 is 20.5 Å². The van der Waals surface area contributed by atoms with E-state index in [-0.39, 0.29) is 6.04 Å². The molecule has 0 bridgehead atoms. The fourth-order valence-electron chi connectivity index (χ4n) is 2.78. The van der Waals surface area contributed by atoms with Gasteiger partial charge in [0.2, 0.25) is 0 Å².